The second-order valence-corrected chi connectivity index (χ2v) is 9.24. The first kappa shape index (κ1) is 22.5. The van der Waals surface area contributed by atoms with E-state index in [0.717, 1.165) is 17.0 Å². The number of aliphatic imine (C=N–C) groups is 1. The molecule has 0 bridgehead atoms. The van der Waals surface area contributed by atoms with Crippen LogP contribution in [-0.2, 0) is 4.79 Å². The number of ether oxygens (including phenoxy) is 2. The number of phenolic OH excluding ortho intramolecular Hbond substituents is 1. The van der Waals surface area contributed by atoms with Crippen LogP contribution in [0, 0.1) is 9.49 Å². The van der Waals surface area contributed by atoms with Crippen molar-refractivity contribution in [3.63, 3.8) is 0 Å². The van der Waals surface area contributed by atoms with Gasteiger partial charge in [-0.1, -0.05) is 13.8 Å². The molecule has 0 aliphatic carbocycles. The Morgan fingerprint density at radius 1 is 1.20 bits per heavy atom. The van der Waals surface area contributed by atoms with Gasteiger partial charge in [0.2, 0.25) is 0 Å². The summed E-state index contributed by atoms with van der Waals surface area (Å²) in [6.45, 7) is 4.71. The third-order valence-electron chi connectivity index (χ3n) is 4.30. The van der Waals surface area contributed by atoms with Crippen LogP contribution in [0.5, 0.6) is 17.2 Å². The molecule has 1 amide bonds. The van der Waals surface area contributed by atoms with E-state index in [9.17, 15) is 9.90 Å². The lowest BCUT2D eigenvalue weighted by Crippen LogP contribution is -2.32. The predicted molar refractivity (Wildman–Crippen MR) is 130 cm³/mol. The van der Waals surface area contributed by atoms with Crippen LogP contribution in [0.15, 0.2) is 46.3 Å². The van der Waals surface area contributed by atoms with Crippen LogP contribution in [0.3, 0.4) is 0 Å². The lowest BCUT2D eigenvalue weighted by atomic mass is 10.1. The minimum atomic E-state index is -0.0805. The summed E-state index contributed by atoms with van der Waals surface area (Å²) in [5, 5.41) is 10.7. The quantitative estimate of drug-likeness (QED) is 0.401. The Morgan fingerprint density at radius 3 is 2.50 bits per heavy atom. The topological polar surface area (TPSA) is 71.4 Å². The van der Waals surface area contributed by atoms with E-state index >= 15 is 0 Å². The van der Waals surface area contributed by atoms with E-state index in [1.54, 1.807) is 24.2 Å². The van der Waals surface area contributed by atoms with Gasteiger partial charge in [0.25, 0.3) is 5.91 Å². The van der Waals surface area contributed by atoms with E-state index < -0.39 is 0 Å². The molecule has 0 spiro atoms. The van der Waals surface area contributed by atoms with E-state index in [1.807, 2.05) is 52.9 Å². The number of phenols is 1. The molecule has 0 unspecified atom stereocenters. The zero-order valence-electron chi connectivity index (χ0n) is 17.2. The number of nitrogens with zero attached hydrogens (tertiary/aromatic N) is 2. The van der Waals surface area contributed by atoms with Crippen LogP contribution >= 0.6 is 34.4 Å². The summed E-state index contributed by atoms with van der Waals surface area (Å²) < 4.78 is 11.1. The standard InChI is InChI=1S/C22H23IN2O4S/c1-13(2)12-25-21(27)19(11-14-9-17(23)20(26)18(10-14)29-4)30-22(25)24-15-5-7-16(28-3)8-6-15/h5-11,13,26H,12H2,1-4H3/b19-11-,24-22?. The van der Waals surface area contributed by atoms with Gasteiger partial charge in [-0.25, -0.2) is 4.99 Å². The molecule has 30 heavy (non-hydrogen) atoms. The molecule has 1 aliphatic rings. The number of halogens is 1. The number of carbonyl (C=O) groups is 1. The largest absolute Gasteiger partial charge is 0.504 e. The molecule has 0 atom stereocenters. The second kappa shape index (κ2) is 9.74. The Balaban J connectivity index is 1.97. The van der Waals surface area contributed by atoms with Gasteiger partial charge in [-0.15, -0.1) is 0 Å². The highest BCUT2D eigenvalue weighted by Gasteiger charge is 2.33. The van der Waals surface area contributed by atoms with Gasteiger partial charge in [0.15, 0.2) is 16.7 Å². The highest BCUT2D eigenvalue weighted by atomic mass is 127. The van der Waals surface area contributed by atoms with Gasteiger partial charge in [0.05, 0.1) is 28.4 Å². The first-order chi connectivity index (χ1) is 14.3. The van der Waals surface area contributed by atoms with Gasteiger partial charge in [-0.3, -0.25) is 9.69 Å². The van der Waals surface area contributed by atoms with Crippen molar-refractivity contribution in [2.45, 2.75) is 13.8 Å². The van der Waals surface area contributed by atoms with E-state index in [-0.39, 0.29) is 11.7 Å². The van der Waals surface area contributed by atoms with Gasteiger partial charge in [0, 0.05) is 6.54 Å². The average molecular weight is 538 g/mol. The van der Waals surface area contributed by atoms with E-state index in [1.165, 1.54) is 18.9 Å². The molecule has 2 aromatic carbocycles. The van der Waals surface area contributed by atoms with Gasteiger partial charge in [-0.05, 0) is 88.3 Å². The second-order valence-electron chi connectivity index (χ2n) is 7.07. The number of carbonyl (C=O) groups excluding carboxylic acids is 1. The van der Waals surface area contributed by atoms with Crippen molar-refractivity contribution >= 4 is 57.2 Å². The SMILES string of the molecule is COc1ccc(N=C2S/C(=C\c3cc(I)c(O)c(OC)c3)C(=O)N2CC(C)C)cc1. The van der Waals surface area contributed by atoms with Gasteiger partial charge < -0.3 is 14.6 Å². The third-order valence-corrected chi connectivity index (χ3v) is 6.13. The van der Waals surface area contributed by atoms with Crippen LogP contribution in [0.25, 0.3) is 6.08 Å². The Hall–Kier alpha value is -2.20. The Kier molecular flexibility index (Phi) is 7.30. The Morgan fingerprint density at radius 2 is 1.90 bits per heavy atom. The van der Waals surface area contributed by atoms with Crippen molar-refractivity contribution in [1.82, 2.24) is 4.90 Å². The molecule has 6 nitrogen and oxygen atoms in total. The van der Waals surface area contributed by atoms with E-state index in [4.69, 9.17) is 14.5 Å². The summed E-state index contributed by atoms with van der Waals surface area (Å²) in [4.78, 5) is 20.1. The normalized spacial score (nSPS) is 16.7. The highest BCUT2D eigenvalue weighted by molar-refractivity contribution is 14.1. The number of hydrogen-bond donors (Lipinski definition) is 1. The number of thioether (sulfide) groups is 1. The smallest absolute Gasteiger partial charge is 0.266 e. The Bertz CT molecular complexity index is 1000. The van der Waals surface area contributed by atoms with Gasteiger partial charge in [0.1, 0.15) is 5.75 Å². The summed E-state index contributed by atoms with van der Waals surface area (Å²) in [5.41, 5.74) is 1.53. The average Bonchev–Trinajstić information content (AvgIpc) is 2.99. The monoisotopic (exact) mass is 538 g/mol. The van der Waals surface area contributed by atoms with Crippen LogP contribution in [0.4, 0.5) is 5.69 Å². The lowest BCUT2D eigenvalue weighted by Gasteiger charge is -2.17. The van der Waals surface area contributed by atoms with Crippen LogP contribution < -0.4 is 9.47 Å². The minimum absolute atomic E-state index is 0.0805. The molecule has 0 aromatic heterocycles. The van der Waals surface area contributed by atoms with Crippen molar-refractivity contribution in [3.8, 4) is 17.2 Å². The summed E-state index contributed by atoms with van der Waals surface area (Å²) in [5.74, 6) is 1.43. The molecule has 1 N–H and O–H groups in total. The van der Waals surface area contributed by atoms with Crippen LogP contribution in [0.2, 0.25) is 0 Å². The van der Waals surface area contributed by atoms with Crippen molar-refractivity contribution in [3.05, 3.63) is 50.4 Å². The van der Waals surface area contributed by atoms with Crippen LogP contribution in [0.1, 0.15) is 19.4 Å². The number of rotatable bonds is 6. The summed E-state index contributed by atoms with van der Waals surface area (Å²) in [6.07, 6.45) is 1.81. The van der Waals surface area contributed by atoms with E-state index in [0.29, 0.717) is 31.9 Å². The zero-order chi connectivity index (χ0) is 21.8. The molecule has 0 saturated carbocycles. The molecule has 8 heteroatoms. The predicted octanol–water partition coefficient (Wildman–Crippen LogP) is 5.27. The van der Waals surface area contributed by atoms with Crippen molar-refractivity contribution < 1.29 is 19.4 Å². The molecule has 1 heterocycles. The fourth-order valence-corrected chi connectivity index (χ4v) is 4.50. The molecule has 1 aliphatic heterocycles. The first-order valence-corrected chi connectivity index (χ1v) is 11.2. The summed E-state index contributed by atoms with van der Waals surface area (Å²) in [6, 6.07) is 10.9. The van der Waals surface area contributed by atoms with Crippen molar-refractivity contribution in [1.29, 1.82) is 0 Å². The maximum Gasteiger partial charge on any atom is 0.266 e. The number of methoxy groups -OCH3 is 2. The Labute approximate surface area is 194 Å². The number of hydrogen-bond acceptors (Lipinski definition) is 6. The highest BCUT2D eigenvalue weighted by Crippen LogP contribution is 2.37. The maximum atomic E-state index is 13.1. The molecule has 3 rings (SSSR count). The molecule has 158 valence electrons. The van der Waals surface area contributed by atoms with Gasteiger partial charge >= 0.3 is 0 Å². The van der Waals surface area contributed by atoms with Gasteiger partial charge in [-0.2, -0.15) is 0 Å². The number of aromatic hydroxyl groups is 1. The molecular formula is C22H23IN2O4S. The third kappa shape index (κ3) is 5.10. The van der Waals surface area contributed by atoms with Crippen LogP contribution in [-0.4, -0.2) is 41.8 Å². The zero-order valence-corrected chi connectivity index (χ0v) is 20.2. The number of benzene rings is 2. The first-order valence-electron chi connectivity index (χ1n) is 9.33. The van der Waals surface area contributed by atoms with Crippen molar-refractivity contribution in [2.24, 2.45) is 10.9 Å². The molecule has 1 saturated heterocycles. The fourth-order valence-electron chi connectivity index (χ4n) is 2.87. The maximum absolute atomic E-state index is 13.1. The minimum Gasteiger partial charge on any atom is -0.504 e. The summed E-state index contributed by atoms with van der Waals surface area (Å²) in [7, 11) is 3.12. The molecule has 2 aromatic rings. The van der Waals surface area contributed by atoms with Crippen molar-refractivity contribution in [2.75, 3.05) is 20.8 Å². The summed E-state index contributed by atoms with van der Waals surface area (Å²) >= 11 is 3.38. The fraction of sp³-hybridized carbons (Fsp3) is 0.273. The van der Waals surface area contributed by atoms with E-state index in [2.05, 4.69) is 13.8 Å². The lowest BCUT2D eigenvalue weighted by molar-refractivity contribution is -0.122. The number of amidine groups is 1. The molecular weight excluding hydrogens is 515 g/mol. The molecule has 0 radical (unpaired) electrons. The molecule has 1 fully saturated rings. The number of amides is 1.